The first-order chi connectivity index (χ1) is 15.9. The smallest absolute Gasteiger partial charge is 0.336 e. The number of rotatable bonds is 7. The van der Waals surface area contributed by atoms with Crippen molar-refractivity contribution in [1.29, 1.82) is 0 Å². The van der Waals surface area contributed by atoms with E-state index in [1.807, 2.05) is 93.6 Å². The molecule has 33 heavy (non-hydrogen) atoms. The quantitative estimate of drug-likeness (QED) is 0.421. The summed E-state index contributed by atoms with van der Waals surface area (Å²) in [7, 11) is 1.63. The van der Waals surface area contributed by atoms with E-state index in [9.17, 15) is 4.79 Å². The van der Waals surface area contributed by atoms with Gasteiger partial charge in [0.25, 0.3) is 5.91 Å². The molecule has 3 aromatic carbocycles. The summed E-state index contributed by atoms with van der Waals surface area (Å²) in [6.07, 6.45) is -0.0571. The third-order valence-corrected chi connectivity index (χ3v) is 4.94. The molecule has 1 aromatic heterocycles. The van der Waals surface area contributed by atoms with Crippen LogP contribution in [0.2, 0.25) is 0 Å². The van der Waals surface area contributed by atoms with Crippen LogP contribution in [0.1, 0.15) is 29.8 Å². The fourth-order valence-electron chi connectivity index (χ4n) is 3.28. The highest BCUT2D eigenvalue weighted by Crippen LogP contribution is 2.27. The predicted molar refractivity (Wildman–Crippen MR) is 128 cm³/mol. The Labute approximate surface area is 193 Å². The molecule has 4 rings (SSSR count). The van der Waals surface area contributed by atoms with Crippen molar-refractivity contribution in [2.24, 2.45) is 0 Å². The summed E-state index contributed by atoms with van der Waals surface area (Å²) in [6.45, 7) is 5.84. The van der Waals surface area contributed by atoms with E-state index in [2.05, 4.69) is 15.4 Å². The number of benzene rings is 3. The molecule has 1 amide bonds. The summed E-state index contributed by atoms with van der Waals surface area (Å²) >= 11 is 0. The van der Waals surface area contributed by atoms with Gasteiger partial charge in [0.2, 0.25) is 0 Å². The van der Waals surface area contributed by atoms with Crippen LogP contribution in [0.15, 0.2) is 72.8 Å². The van der Waals surface area contributed by atoms with E-state index in [-0.39, 0.29) is 12.0 Å². The third-order valence-electron chi connectivity index (χ3n) is 4.94. The SMILES string of the molecule is COc1cccc(-c2nc(OC(C)C)nn2-c2ccc(NC(=O)c3ccc(C)cc3)cc2)c1. The van der Waals surface area contributed by atoms with Crippen molar-refractivity contribution in [3.05, 3.63) is 83.9 Å². The van der Waals surface area contributed by atoms with Crippen LogP contribution in [-0.2, 0) is 0 Å². The lowest BCUT2D eigenvalue weighted by Gasteiger charge is -2.09. The summed E-state index contributed by atoms with van der Waals surface area (Å²) in [5.41, 5.74) is 4.03. The topological polar surface area (TPSA) is 78.3 Å². The highest BCUT2D eigenvalue weighted by molar-refractivity contribution is 6.04. The van der Waals surface area contributed by atoms with Crippen LogP contribution in [0.5, 0.6) is 11.8 Å². The number of hydrogen-bond acceptors (Lipinski definition) is 5. The van der Waals surface area contributed by atoms with Crippen LogP contribution >= 0.6 is 0 Å². The third kappa shape index (κ3) is 5.20. The highest BCUT2D eigenvalue weighted by Gasteiger charge is 2.16. The molecule has 0 bridgehead atoms. The molecule has 0 saturated heterocycles. The number of amides is 1. The van der Waals surface area contributed by atoms with Gasteiger partial charge in [0.1, 0.15) is 5.75 Å². The van der Waals surface area contributed by atoms with Gasteiger partial charge < -0.3 is 14.8 Å². The van der Waals surface area contributed by atoms with Crippen LogP contribution in [-0.4, -0.2) is 33.9 Å². The number of ether oxygens (including phenoxy) is 2. The Hall–Kier alpha value is -4.13. The maximum Gasteiger partial charge on any atom is 0.336 e. The molecule has 0 fully saturated rings. The lowest BCUT2D eigenvalue weighted by atomic mass is 10.1. The van der Waals surface area contributed by atoms with Gasteiger partial charge in [-0.1, -0.05) is 29.8 Å². The number of nitrogens with zero attached hydrogens (tertiary/aromatic N) is 3. The Balaban J connectivity index is 1.63. The fraction of sp³-hybridized carbons (Fsp3) is 0.192. The zero-order valence-corrected chi connectivity index (χ0v) is 19.1. The Morgan fingerprint density at radius 1 is 1.00 bits per heavy atom. The van der Waals surface area contributed by atoms with Crippen LogP contribution < -0.4 is 14.8 Å². The van der Waals surface area contributed by atoms with Crippen LogP contribution in [0.3, 0.4) is 0 Å². The van der Waals surface area contributed by atoms with Gasteiger partial charge in [0, 0.05) is 16.8 Å². The second kappa shape index (κ2) is 9.56. The van der Waals surface area contributed by atoms with Gasteiger partial charge >= 0.3 is 6.01 Å². The van der Waals surface area contributed by atoms with Gasteiger partial charge in [-0.2, -0.15) is 4.98 Å². The summed E-state index contributed by atoms with van der Waals surface area (Å²) in [5.74, 6) is 1.19. The van der Waals surface area contributed by atoms with Gasteiger partial charge in [-0.05, 0) is 69.3 Å². The maximum atomic E-state index is 12.5. The molecular formula is C26H26N4O3. The Bertz CT molecular complexity index is 1250. The lowest BCUT2D eigenvalue weighted by Crippen LogP contribution is -2.11. The Morgan fingerprint density at radius 2 is 1.73 bits per heavy atom. The van der Waals surface area contributed by atoms with E-state index in [1.165, 1.54) is 0 Å². The van der Waals surface area contributed by atoms with Crippen molar-refractivity contribution >= 4 is 11.6 Å². The molecule has 7 heteroatoms. The van der Waals surface area contributed by atoms with Crippen LogP contribution in [0.25, 0.3) is 17.1 Å². The van der Waals surface area contributed by atoms with Crippen molar-refractivity contribution in [1.82, 2.24) is 14.8 Å². The van der Waals surface area contributed by atoms with Gasteiger partial charge in [0.05, 0.1) is 18.9 Å². The molecule has 0 unspecified atom stereocenters. The second-order valence-electron chi connectivity index (χ2n) is 7.90. The Kier molecular flexibility index (Phi) is 6.40. The normalized spacial score (nSPS) is 10.8. The van der Waals surface area contributed by atoms with Crippen molar-refractivity contribution in [2.45, 2.75) is 26.9 Å². The van der Waals surface area contributed by atoms with Crippen LogP contribution in [0, 0.1) is 6.92 Å². The summed E-state index contributed by atoms with van der Waals surface area (Å²) in [5, 5.41) is 7.48. The molecule has 0 atom stereocenters. The van der Waals surface area contributed by atoms with E-state index in [0.717, 1.165) is 22.6 Å². The van der Waals surface area contributed by atoms with E-state index < -0.39 is 0 Å². The molecule has 0 radical (unpaired) electrons. The number of aromatic nitrogens is 3. The average Bonchev–Trinajstić information content (AvgIpc) is 3.23. The number of aryl methyl sites for hydroxylation is 1. The number of nitrogens with one attached hydrogen (secondary N) is 1. The fourth-order valence-corrected chi connectivity index (χ4v) is 3.28. The average molecular weight is 443 g/mol. The molecule has 1 heterocycles. The van der Waals surface area contributed by atoms with Gasteiger partial charge in [-0.15, -0.1) is 5.10 Å². The molecule has 0 aliphatic rings. The molecule has 1 N–H and O–H groups in total. The molecule has 4 aromatic rings. The van der Waals surface area contributed by atoms with Crippen molar-refractivity contribution < 1.29 is 14.3 Å². The van der Waals surface area contributed by atoms with Crippen LogP contribution in [0.4, 0.5) is 5.69 Å². The second-order valence-corrected chi connectivity index (χ2v) is 7.90. The van der Waals surface area contributed by atoms with Gasteiger partial charge in [-0.25, -0.2) is 4.68 Å². The number of methoxy groups -OCH3 is 1. The minimum absolute atomic E-state index is 0.0571. The molecule has 0 saturated carbocycles. The van der Waals surface area contributed by atoms with Crippen molar-refractivity contribution in [3.8, 4) is 28.8 Å². The van der Waals surface area contributed by atoms with E-state index in [0.29, 0.717) is 23.1 Å². The maximum absolute atomic E-state index is 12.5. The number of anilines is 1. The van der Waals surface area contributed by atoms with Gasteiger partial charge in [-0.3, -0.25) is 4.79 Å². The molecule has 168 valence electrons. The van der Waals surface area contributed by atoms with E-state index in [4.69, 9.17) is 9.47 Å². The predicted octanol–water partition coefficient (Wildman–Crippen LogP) is 5.29. The summed E-state index contributed by atoms with van der Waals surface area (Å²) in [4.78, 5) is 17.1. The molecule has 0 aliphatic heterocycles. The van der Waals surface area contributed by atoms with Gasteiger partial charge in [0.15, 0.2) is 5.82 Å². The largest absolute Gasteiger partial charge is 0.497 e. The molecular weight excluding hydrogens is 416 g/mol. The highest BCUT2D eigenvalue weighted by atomic mass is 16.5. The first kappa shape index (κ1) is 22.1. The van der Waals surface area contributed by atoms with E-state index in [1.54, 1.807) is 11.8 Å². The summed E-state index contributed by atoms with van der Waals surface area (Å²) < 4.78 is 12.8. The van der Waals surface area contributed by atoms with E-state index >= 15 is 0 Å². The molecule has 7 nitrogen and oxygen atoms in total. The summed E-state index contributed by atoms with van der Waals surface area (Å²) in [6, 6.07) is 22.8. The first-order valence-corrected chi connectivity index (χ1v) is 10.7. The zero-order chi connectivity index (χ0) is 23.4. The first-order valence-electron chi connectivity index (χ1n) is 10.7. The van der Waals surface area contributed by atoms with Crippen molar-refractivity contribution in [2.75, 3.05) is 12.4 Å². The number of carbonyl (C=O) groups is 1. The lowest BCUT2D eigenvalue weighted by molar-refractivity contribution is 0.102. The Morgan fingerprint density at radius 3 is 2.39 bits per heavy atom. The molecule has 0 spiro atoms. The minimum atomic E-state index is -0.159. The molecule has 0 aliphatic carbocycles. The zero-order valence-electron chi connectivity index (χ0n) is 19.1. The van der Waals surface area contributed by atoms with Crippen molar-refractivity contribution in [3.63, 3.8) is 0 Å². The number of carbonyl (C=O) groups excluding carboxylic acids is 1. The minimum Gasteiger partial charge on any atom is -0.497 e. The number of hydrogen-bond donors (Lipinski definition) is 1. The standard InChI is InChI=1S/C26H26N4O3/c1-17(2)33-26-28-24(20-6-5-7-23(16-20)32-4)30(29-26)22-14-12-21(13-15-22)27-25(31)19-10-8-18(3)9-11-19/h5-17H,1-4H3,(H,27,31). The monoisotopic (exact) mass is 442 g/mol.